The normalized spacial score (nSPS) is 22.9. The minimum atomic E-state index is -3.74. The van der Waals surface area contributed by atoms with E-state index in [1.807, 2.05) is 10.3 Å². The van der Waals surface area contributed by atoms with Crippen LogP contribution in [0.1, 0.15) is 13.3 Å². The van der Waals surface area contributed by atoms with Crippen molar-refractivity contribution in [1.29, 1.82) is 0 Å². The molecule has 3 aliphatic heterocycles. The topological polar surface area (TPSA) is 83.7 Å². The molecule has 3 unspecified atom stereocenters. The Morgan fingerprint density at radius 1 is 1.39 bits per heavy atom. The first kappa shape index (κ1) is 17.8. The van der Waals surface area contributed by atoms with Crippen LogP contribution in [0.4, 0.5) is 14.8 Å². The average Bonchev–Trinajstić information content (AvgIpc) is 3.31. The monoisotopic (exact) mass is 408 g/mol. The number of ether oxygens (including phenoxy) is 1. The largest absolute Gasteiger partial charge is 0.428 e. The number of thiazole rings is 1. The van der Waals surface area contributed by atoms with E-state index in [1.165, 1.54) is 17.4 Å². The molecule has 0 aliphatic carbocycles. The number of aromatic nitrogens is 2. The van der Waals surface area contributed by atoms with Crippen molar-refractivity contribution >= 4 is 28.5 Å². The maximum Gasteiger partial charge on any atom is 0.424 e. The molecule has 148 valence electrons. The second-order valence-electron chi connectivity index (χ2n) is 7.16. The third kappa shape index (κ3) is 2.92. The van der Waals surface area contributed by atoms with Crippen LogP contribution in [-0.2, 0) is 0 Å². The third-order valence-corrected chi connectivity index (χ3v) is 5.89. The molecule has 3 atom stereocenters. The lowest BCUT2D eigenvalue weighted by Gasteiger charge is -2.47. The lowest BCUT2D eigenvalue weighted by atomic mass is 9.92. The number of nitrogens with zero attached hydrogens (tertiary/aromatic N) is 3. The Kier molecular flexibility index (Phi) is 4.04. The van der Waals surface area contributed by atoms with Gasteiger partial charge in [-0.3, -0.25) is 0 Å². The molecule has 10 heteroatoms. The number of piperazine rings is 1. The number of anilines is 1. The van der Waals surface area contributed by atoms with Crippen molar-refractivity contribution in [2.75, 3.05) is 18.0 Å². The number of hydrogen-bond donors (Lipinski definition) is 2. The van der Waals surface area contributed by atoms with Gasteiger partial charge in [-0.05, 0) is 25.5 Å². The van der Waals surface area contributed by atoms with E-state index in [0.717, 1.165) is 26.4 Å². The zero-order chi connectivity index (χ0) is 19.5. The Morgan fingerprint density at radius 2 is 2.14 bits per heavy atom. The van der Waals surface area contributed by atoms with E-state index in [4.69, 9.17) is 9.15 Å². The minimum Gasteiger partial charge on any atom is -0.428 e. The van der Waals surface area contributed by atoms with Gasteiger partial charge in [0, 0.05) is 36.8 Å². The fourth-order valence-electron chi connectivity index (χ4n) is 3.62. The molecule has 5 heterocycles. The maximum atomic E-state index is 14.0. The van der Waals surface area contributed by atoms with Crippen molar-refractivity contribution in [2.24, 2.45) is 0 Å². The molecule has 3 aliphatic rings. The molecule has 2 aromatic heterocycles. The number of alkyl halides is 2. The van der Waals surface area contributed by atoms with Gasteiger partial charge in [-0.25, -0.2) is 4.98 Å². The molecule has 0 saturated carbocycles. The highest BCUT2D eigenvalue weighted by molar-refractivity contribution is 7.13. The second-order valence-corrected chi connectivity index (χ2v) is 8.06. The molecule has 6 rings (SSSR count). The van der Waals surface area contributed by atoms with E-state index in [2.05, 4.69) is 15.3 Å². The van der Waals surface area contributed by atoms with Crippen LogP contribution in [0.25, 0.3) is 21.7 Å². The number of fused-ring (bicyclic) bond motifs is 3. The molecule has 7 nitrogen and oxygen atoms in total. The number of aliphatic hydroxyl groups excluding tert-OH is 1. The van der Waals surface area contributed by atoms with E-state index in [1.54, 1.807) is 12.3 Å². The van der Waals surface area contributed by atoms with Gasteiger partial charge in [-0.1, -0.05) is 0 Å². The SMILES string of the molecule is CC(O)C(F)(F)Oc1ccc(-c2nccs2)c2oc(N3CC4CC(C3)N4)nc12. The summed E-state index contributed by atoms with van der Waals surface area (Å²) < 4.78 is 38.8. The predicted molar refractivity (Wildman–Crippen MR) is 99.9 cm³/mol. The molecular weight excluding hydrogens is 390 g/mol. The molecule has 3 fully saturated rings. The van der Waals surface area contributed by atoms with Crippen LogP contribution in [-0.4, -0.2) is 52.5 Å². The van der Waals surface area contributed by atoms with Crippen LogP contribution in [0.2, 0.25) is 0 Å². The van der Waals surface area contributed by atoms with Crippen molar-refractivity contribution < 1.29 is 23.0 Å². The third-order valence-electron chi connectivity index (χ3n) is 5.08. The summed E-state index contributed by atoms with van der Waals surface area (Å²) >= 11 is 1.42. The van der Waals surface area contributed by atoms with Crippen molar-refractivity contribution in [3.8, 4) is 16.3 Å². The summed E-state index contributed by atoms with van der Waals surface area (Å²) in [6.45, 7) is 2.47. The first-order valence-electron chi connectivity index (χ1n) is 9.00. The summed E-state index contributed by atoms with van der Waals surface area (Å²) in [5, 5.41) is 15.3. The first-order valence-corrected chi connectivity index (χ1v) is 9.88. The van der Waals surface area contributed by atoms with E-state index in [0.29, 0.717) is 34.3 Å². The lowest BCUT2D eigenvalue weighted by molar-refractivity contribution is -0.233. The first-order chi connectivity index (χ1) is 13.4. The zero-order valence-corrected chi connectivity index (χ0v) is 15.7. The highest BCUT2D eigenvalue weighted by atomic mass is 32.1. The summed E-state index contributed by atoms with van der Waals surface area (Å²) in [5.41, 5.74) is 1.20. The van der Waals surface area contributed by atoms with Crippen molar-refractivity contribution in [3.63, 3.8) is 0 Å². The number of oxazole rings is 1. The molecule has 3 aromatic rings. The van der Waals surface area contributed by atoms with Crippen LogP contribution in [0, 0.1) is 0 Å². The number of benzene rings is 1. The molecule has 2 N–H and O–H groups in total. The van der Waals surface area contributed by atoms with E-state index < -0.39 is 12.2 Å². The maximum absolute atomic E-state index is 14.0. The van der Waals surface area contributed by atoms with Gasteiger partial charge in [-0.2, -0.15) is 13.8 Å². The minimum absolute atomic E-state index is 0.142. The predicted octanol–water partition coefficient (Wildman–Crippen LogP) is 2.85. The van der Waals surface area contributed by atoms with Gasteiger partial charge in [0.15, 0.2) is 23.0 Å². The molecule has 0 spiro atoms. The van der Waals surface area contributed by atoms with Crippen LogP contribution in [0.3, 0.4) is 0 Å². The summed E-state index contributed by atoms with van der Waals surface area (Å²) in [4.78, 5) is 10.8. The summed E-state index contributed by atoms with van der Waals surface area (Å²) in [6.07, 6.45) is -2.92. The molecule has 3 saturated heterocycles. The van der Waals surface area contributed by atoms with Gasteiger partial charge in [0.25, 0.3) is 6.01 Å². The molecular formula is C18H18F2N4O3S. The van der Waals surface area contributed by atoms with Crippen molar-refractivity contribution in [3.05, 3.63) is 23.7 Å². The number of piperidine rings is 1. The van der Waals surface area contributed by atoms with Crippen LogP contribution < -0.4 is 15.0 Å². The molecule has 28 heavy (non-hydrogen) atoms. The fourth-order valence-corrected chi connectivity index (χ4v) is 4.28. The Bertz CT molecular complexity index is 992. The molecule has 0 amide bonds. The Labute approximate surface area is 163 Å². The van der Waals surface area contributed by atoms with Gasteiger partial charge in [-0.15, -0.1) is 11.3 Å². The Balaban J connectivity index is 1.60. The number of halogens is 2. The van der Waals surface area contributed by atoms with Crippen LogP contribution in [0.5, 0.6) is 5.75 Å². The lowest BCUT2D eigenvalue weighted by Crippen LogP contribution is -2.67. The molecule has 2 bridgehead atoms. The summed E-state index contributed by atoms with van der Waals surface area (Å²) in [6, 6.07) is 4.20. The zero-order valence-electron chi connectivity index (χ0n) is 14.9. The van der Waals surface area contributed by atoms with Crippen molar-refractivity contribution in [1.82, 2.24) is 15.3 Å². The van der Waals surface area contributed by atoms with E-state index >= 15 is 0 Å². The van der Waals surface area contributed by atoms with Gasteiger partial charge >= 0.3 is 6.11 Å². The van der Waals surface area contributed by atoms with E-state index in [9.17, 15) is 13.9 Å². The number of rotatable bonds is 5. The quantitative estimate of drug-likeness (QED) is 0.672. The second kappa shape index (κ2) is 6.36. The van der Waals surface area contributed by atoms with Gasteiger partial charge < -0.3 is 24.5 Å². The van der Waals surface area contributed by atoms with Gasteiger partial charge in [0.05, 0.1) is 5.56 Å². The summed E-state index contributed by atoms with van der Waals surface area (Å²) in [7, 11) is 0. The standard InChI is InChI=1S/C18H18F2N4O3S/c1-9(25)18(19,20)27-13-3-2-12(16-21-4-5-28-16)15-14(13)23-17(26-15)24-7-10-6-11(8-24)22-10/h2-5,9-11,22,25H,6-8H2,1H3. The summed E-state index contributed by atoms with van der Waals surface area (Å²) in [5.74, 6) is -0.142. The Morgan fingerprint density at radius 3 is 2.79 bits per heavy atom. The van der Waals surface area contributed by atoms with Crippen molar-refractivity contribution in [2.45, 2.75) is 37.6 Å². The highest BCUT2D eigenvalue weighted by Gasteiger charge is 2.40. The fraction of sp³-hybridized carbons (Fsp3) is 0.444. The number of aliphatic hydroxyl groups is 1. The highest BCUT2D eigenvalue weighted by Crippen LogP contribution is 2.40. The molecule has 1 aromatic carbocycles. The number of nitrogens with one attached hydrogen (secondary N) is 1. The van der Waals surface area contributed by atoms with Gasteiger partial charge in [0.2, 0.25) is 0 Å². The average molecular weight is 408 g/mol. The molecule has 0 radical (unpaired) electrons. The van der Waals surface area contributed by atoms with Crippen LogP contribution >= 0.6 is 11.3 Å². The number of hydrogen-bond acceptors (Lipinski definition) is 8. The van der Waals surface area contributed by atoms with E-state index in [-0.39, 0.29) is 11.3 Å². The van der Waals surface area contributed by atoms with Crippen LogP contribution in [0.15, 0.2) is 28.1 Å². The Hall–Kier alpha value is -2.30. The van der Waals surface area contributed by atoms with Gasteiger partial charge in [0.1, 0.15) is 5.01 Å². The smallest absolute Gasteiger partial charge is 0.424 e.